The topological polar surface area (TPSA) is 94.0 Å². The predicted molar refractivity (Wildman–Crippen MR) is 113 cm³/mol. The third-order valence-electron chi connectivity index (χ3n) is 4.65. The number of aromatic nitrogens is 4. The summed E-state index contributed by atoms with van der Waals surface area (Å²) in [6.07, 6.45) is 3.24. The first-order valence-electron chi connectivity index (χ1n) is 9.68. The maximum Gasteiger partial charge on any atom is 0.251 e. The molecule has 0 unspecified atom stereocenters. The van der Waals surface area contributed by atoms with Crippen LogP contribution in [0.5, 0.6) is 0 Å². The third-order valence-corrected chi connectivity index (χ3v) is 4.65. The van der Waals surface area contributed by atoms with Gasteiger partial charge in [0.25, 0.3) is 5.91 Å². The summed E-state index contributed by atoms with van der Waals surface area (Å²) < 4.78 is 6.81. The van der Waals surface area contributed by atoms with Crippen LogP contribution < -0.4 is 10.6 Å². The van der Waals surface area contributed by atoms with Crippen LogP contribution in [0.2, 0.25) is 0 Å². The number of anilines is 1. The SMILES string of the molecule is COCCNc1ncnc2c1cnn2CCNC(=O)c1ccc(C(C)(C)C)cc1. The van der Waals surface area contributed by atoms with Crippen molar-refractivity contribution < 1.29 is 9.53 Å². The van der Waals surface area contributed by atoms with Crippen LogP contribution in [-0.4, -0.2) is 52.5 Å². The monoisotopic (exact) mass is 396 g/mol. The standard InChI is InChI=1S/C21H28N6O2/c1-21(2,3)16-7-5-15(6-8-16)20(28)23-9-11-27-19-17(13-26-27)18(24-14-25-19)22-10-12-29-4/h5-8,13-14H,9-12H2,1-4H3,(H,23,28)(H,22,24,25). The van der Waals surface area contributed by atoms with Crippen LogP contribution in [0.4, 0.5) is 5.82 Å². The first-order chi connectivity index (χ1) is 13.9. The smallest absolute Gasteiger partial charge is 0.251 e. The number of rotatable bonds is 8. The van der Waals surface area contributed by atoms with Crippen molar-refractivity contribution in [2.75, 3.05) is 32.1 Å². The summed E-state index contributed by atoms with van der Waals surface area (Å²) in [7, 11) is 1.66. The van der Waals surface area contributed by atoms with Gasteiger partial charge in [-0.1, -0.05) is 32.9 Å². The van der Waals surface area contributed by atoms with E-state index in [0.29, 0.717) is 31.8 Å². The van der Waals surface area contributed by atoms with E-state index >= 15 is 0 Å². The molecular weight excluding hydrogens is 368 g/mol. The highest BCUT2D eigenvalue weighted by Crippen LogP contribution is 2.22. The number of nitrogens with zero attached hydrogens (tertiary/aromatic N) is 4. The van der Waals surface area contributed by atoms with E-state index in [4.69, 9.17) is 4.74 Å². The molecule has 0 fully saturated rings. The summed E-state index contributed by atoms with van der Waals surface area (Å²) >= 11 is 0. The van der Waals surface area contributed by atoms with Crippen molar-refractivity contribution in [1.82, 2.24) is 25.1 Å². The Labute approximate surface area is 170 Å². The lowest BCUT2D eigenvalue weighted by atomic mass is 9.87. The van der Waals surface area contributed by atoms with E-state index in [1.165, 1.54) is 11.9 Å². The van der Waals surface area contributed by atoms with Crippen molar-refractivity contribution in [2.24, 2.45) is 0 Å². The molecule has 1 amide bonds. The quantitative estimate of drug-likeness (QED) is 0.569. The number of benzene rings is 1. The van der Waals surface area contributed by atoms with Gasteiger partial charge in [0.2, 0.25) is 0 Å². The minimum absolute atomic E-state index is 0.0648. The average Bonchev–Trinajstić information content (AvgIpc) is 3.11. The highest BCUT2D eigenvalue weighted by Gasteiger charge is 2.14. The van der Waals surface area contributed by atoms with Crippen LogP contribution in [0.1, 0.15) is 36.7 Å². The van der Waals surface area contributed by atoms with Gasteiger partial charge >= 0.3 is 0 Å². The van der Waals surface area contributed by atoms with Crippen molar-refractivity contribution in [2.45, 2.75) is 32.7 Å². The van der Waals surface area contributed by atoms with Crippen LogP contribution in [0, 0.1) is 0 Å². The molecule has 0 aliphatic carbocycles. The zero-order valence-corrected chi connectivity index (χ0v) is 17.4. The lowest BCUT2D eigenvalue weighted by molar-refractivity contribution is 0.0952. The molecule has 3 rings (SSSR count). The van der Waals surface area contributed by atoms with Crippen LogP contribution in [0.25, 0.3) is 11.0 Å². The molecule has 0 saturated heterocycles. The van der Waals surface area contributed by atoms with Gasteiger partial charge in [-0.25, -0.2) is 14.6 Å². The summed E-state index contributed by atoms with van der Waals surface area (Å²) in [5.74, 6) is 0.625. The third kappa shape index (κ3) is 5.08. The number of hydrogen-bond donors (Lipinski definition) is 2. The molecule has 3 aromatic rings. The number of hydrogen-bond acceptors (Lipinski definition) is 6. The van der Waals surface area contributed by atoms with E-state index in [0.717, 1.165) is 16.9 Å². The van der Waals surface area contributed by atoms with E-state index in [-0.39, 0.29) is 11.3 Å². The number of amides is 1. The molecule has 2 aromatic heterocycles. The van der Waals surface area contributed by atoms with Gasteiger partial charge in [-0.05, 0) is 23.1 Å². The molecule has 0 bridgehead atoms. The van der Waals surface area contributed by atoms with Gasteiger partial charge in [-0.2, -0.15) is 5.10 Å². The summed E-state index contributed by atoms with van der Waals surface area (Å²) in [5.41, 5.74) is 2.64. The van der Waals surface area contributed by atoms with Crippen molar-refractivity contribution in [1.29, 1.82) is 0 Å². The van der Waals surface area contributed by atoms with Gasteiger partial charge in [0.05, 0.1) is 24.7 Å². The number of ether oxygens (including phenoxy) is 1. The molecule has 0 atom stereocenters. The minimum atomic E-state index is -0.0986. The van der Waals surface area contributed by atoms with Crippen LogP contribution in [0.15, 0.2) is 36.8 Å². The van der Waals surface area contributed by atoms with Gasteiger partial charge in [0.1, 0.15) is 12.1 Å². The van der Waals surface area contributed by atoms with Crippen LogP contribution >= 0.6 is 0 Å². The maximum absolute atomic E-state index is 12.4. The highest BCUT2D eigenvalue weighted by atomic mass is 16.5. The molecule has 0 aliphatic heterocycles. The molecule has 1 aromatic carbocycles. The number of fused-ring (bicyclic) bond motifs is 1. The van der Waals surface area contributed by atoms with E-state index in [1.54, 1.807) is 18.0 Å². The Bertz CT molecular complexity index is 959. The predicted octanol–water partition coefficient (Wildman–Crippen LogP) is 2.61. The molecule has 8 nitrogen and oxygen atoms in total. The molecule has 0 radical (unpaired) electrons. The Kier molecular flexibility index (Phi) is 6.43. The van der Waals surface area contributed by atoms with Crippen molar-refractivity contribution >= 4 is 22.8 Å². The Morgan fingerprint density at radius 3 is 2.59 bits per heavy atom. The first kappa shape index (κ1) is 20.7. The van der Waals surface area contributed by atoms with Crippen molar-refractivity contribution in [3.8, 4) is 0 Å². The zero-order valence-electron chi connectivity index (χ0n) is 17.4. The fourth-order valence-electron chi connectivity index (χ4n) is 2.97. The fraction of sp³-hybridized carbons (Fsp3) is 0.429. The average molecular weight is 396 g/mol. The highest BCUT2D eigenvalue weighted by molar-refractivity contribution is 5.94. The summed E-state index contributed by atoms with van der Waals surface area (Å²) in [4.78, 5) is 21.0. The summed E-state index contributed by atoms with van der Waals surface area (Å²) in [5, 5.41) is 11.4. The molecule has 2 heterocycles. The Morgan fingerprint density at radius 2 is 1.90 bits per heavy atom. The van der Waals surface area contributed by atoms with E-state index in [2.05, 4.69) is 46.5 Å². The maximum atomic E-state index is 12.4. The minimum Gasteiger partial charge on any atom is -0.383 e. The molecule has 29 heavy (non-hydrogen) atoms. The fourth-order valence-corrected chi connectivity index (χ4v) is 2.97. The first-order valence-corrected chi connectivity index (χ1v) is 9.68. The lowest BCUT2D eigenvalue weighted by Gasteiger charge is -2.19. The molecule has 0 aliphatic rings. The summed E-state index contributed by atoms with van der Waals surface area (Å²) in [6.45, 7) is 8.66. The van der Waals surface area contributed by atoms with E-state index in [1.807, 2.05) is 24.3 Å². The van der Waals surface area contributed by atoms with E-state index < -0.39 is 0 Å². The summed E-state index contributed by atoms with van der Waals surface area (Å²) in [6, 6.07) is 7.74. The number of carbonyl (C=O) groups excluding carboxylic acids is 1. The Hall–Kier alpha value is -3.00. The van der Waals surface area contributed by atoms with E-state index in [9.17, 15) is 4.79 Å². The second-order valence-corrected chi connectivity index (χ2v) is 7.83. The van der Waals surface area contributed by atoms with Crippen LogP contribution in [-0.2, 0) is 16.7 Å². The molecule has 8 heteroatoms. The second-order valence-electron chi connectivity index (χ2n) is 7.83. The number of nitrogens with one attached hydrogen (secondary N) is 2. The normalized spacial score (nSPS) is 11.6. The number of methoxy groups -OCH3 is 1. The van der Waals surface area contributed by atoms with Crippen LogP contribution in [0.3, 0.4) is 0 Å². The van der Waals surface area contributed by atoms with Gasteiger partial charge in [-0.15, -0.1) is 0 Å². The van der Waals surface area contributed by atoms with Crippen molar-refractivity contribution in [3.05, 3.63) is 47.9 Å². The lowest BCUT2D eigenvalue weighted by Crippen LogP contribution is -2.27. The van der Waals surface area contributed by atoms with Gasteiger partial charge in [-0.3, -0.25) is 4.79 Å². The Morgan fingerprint density at radius 1 is 1.14 bits per heavy atom. The molecule has 0 saturated carbocycles. The van der Waals surface area contributed by atoms with Crippen molar-refractivity contribution in [3.63, 3.8) is 0 Å². The molecule has 154 valence electrons. The molecular formula is C21H28N6O2. The Balaban J connectivity index is 1.59. The zero-order chi connectivity index (χ0) is 20.9. The molecule has 0 spiro atoms. The molecule has 2 N–H and O–H groups in total. The van der Waals surface area contributed by atoms with Gasteiger partial charge in [0, 0.05) is 25.8 Å². The van der Waals surface area contributed by atoms with Gasteiger partial charge < -0.3 is 15.4 Å². The second kappa shape index (κ2) is 9.00. The largest absolute Gasteiger partial charge is 0.383 e. The number of carbonyl (C=O) groups is 1. The van der Waals surface area contributed by atoms with Gasteiger partial charge in [0.15, 0.2) is 5.65 Å².